The number of benzene rings is 2. The summed E-state index contributed by atoms with van der Waals surface area (Å²) in [6.07, 6.45) is -9.93. The lowest BCUT2D eigenvalue weighted by Gasteiger charge is -2.22. The monoisotopic (exact) mass is 529 g/mol. The SMILES string of the molecule is N/C(=N\O)N1CC[C@H](O)[C@H]1c1nc(-c2ccc(CCc3ccc(C(F)(F)F)cc3)c(C(F)(F)F)c2)no1. The molecule has 1 aromatic heterocycles. The predicted molar refractivity (Wildman–Crippen MR) is 117 cm³/mol. The van der Waals surface area contributed by atoms with E-state index in [9.17, 15) is 31.4 Å². The Balaban J connectivity index is 1.57. The van der Waals surface area contributed by atoms with E-state index >= 15 is 0 Å². The number of nitrogens with two attached hydrogens (primary N) is 1. The zero-order valence-corrected chi connectivity index (χ0v) is 19.0. The fraction of sp³-hybridized carbons (Fsp3) is 0.348. The second kappa shape index (κ2) is 9.92. The van der Waals surface area contributed by atoms with Gasteiger partial charge in [-0.3, -0.25) is 0 Å². The Bertz CT molecular complexity index is 1270. The summed E-state index contributed by atoms with van der Waals surface area (Å²) < 4.78 is 84.9. The molecule has 8 nitrogen and oxygen atoms in total. The van der Waals surface area contributed by atoms with E-state index in [0.717, 1.165) is 18.2 Å². The summed E-state index contributed by atoms with van der Waals surface area (Å²) in [6, 6.07) is 6.80. The third kappa shape index (κ3) is 5.63. The van der Waals surface area contributed by atoms with Gasteiger partial charge in [-0.15, -0.1) is 0 Å². The molecule has 2 aromatic carbocycles. The number of likely N-dealkylation sites (tertiary alicyclic amines) is 1. The first-order chi connectivity index (χ1) is 17.4. The van der Waals surface area contributed by atoms with Crippen molar-refractivity contribution in [3.05, 3.63) is 70.6 Å². The number of guanidine groups is 1. The zero-order valence-electron chi connectivity index (χ0n) is 19.0. The van der Waals surface area contributed by atoms with Crippen molar-refractivity contribution in [3.63, 3.8) is 0 Å². The molecule has 0 amide bonds. The van der Waals surface area contributed by atoms with Gasteiger partial charge >= 0.3 is 12.4 Å². The molecule has 0 bridgehead atoms. The molecule has 4 rings (SSSR count). The molecule has 2 atom stereocenters. The van der Waals surface area contributed by atoms with Crippen molar-refractivity contribution in [2.45, 2.75) is 43.8 Å². The number of halogens is 6. The average Bonchev–Trinajstić information content (AvgIpc) is 3.48. The fourth-order valence-corrected chi connectivity index (χ4v) is 4.20. The van der Waals surface area contributed by atoms with Crippen molar-refractivity contribution < 1.29 is 41.2 Å². The van der Waals surface area contributed by atoms with Crippen LogP contribution < -0.4 is 5.73 Å². The van der Waals surface area contributed by atoms with Crippen LogP contribution in [0.25, 0.3) is 11.4 Å². The minimum absolute atomic E-state index is 0.00318. The van der Waals surface area contributed by atoms with Gasteiger partial charge in [0.1, 0.15) is 6.04 Å². The molecule has 0 spiro atoms. The minimum Gasteiger partial charge on any atom is -0.408 e. The summed E-state index contributed by atoms with van der Waals surface area (Å²) in [7, 11) is 0. The highest BCUT2D eigenvalue weighted by Gasteiger charge is 2.40. The quantitative estimate of drug-likeness (QED) is 0.148. The highest BCUT2D eigenvalue weighted by atomic mass is 19.4. The molecule has 1 aliphatic rings. The van der Waals surface area contributed by atoms with E-state index in [1.165, 1.54) is 29.2 Å². The highest BCUT2D eigenvalue weighted by Crippen LogP contribution is 2.37. The molecular weight excluding hydrogens is 508 g/mol. The van der Waals surface area contributed by atoms with E-state index in [1.807, 2.05) is 0 Å². The molecule has 37 heavy (non-hydrogen) atoms. The van der Waals surface area contributed by atoms with E-state index in [4.69, 9.17) is 15.5 Å². The van der Waals surface area contributed by atoms with Gasteiger partial charge in [0.25, 0.3) is 5.89 Å². The topological polar surface area (TPSA) is 121 Å². The zero-order chi connectivity index (χ0) is 27.0. The number of hydrogen-bond acceptors (Lipinski definition) is 6. The maximum atomic E-state index is 13.9. The van der Waals surface area contributed by atoms with Gasteiger partial charge in [-0.2, -0.15) is 31.3 Å². The minimum atomic E-state index is -4.72. The predicted octanol–water partition coefficient (Wildman–Crippen LogP) is 4.37. The maximum Gasteiger partial charge on any atom is 0.416 e. The van der Waals surface area contributed by atoms with E-state index in [2.05, 4.69) is 15.3 Å². The lowest BCUT2D eigenvalue weighted by atomic mass is 9.97. The Morgan fingerprint density at radius 3 is 2.38 bits per heavy atom. The van der Waals surface area contributed by atoms with Gasteiger partial charge in [-0.05, 0) is 48.6 Å². The molecule has 0 saturated carbocycles. The van der Waals surface area contributed by atoms with Crippen LogP contribution >= 0.6 is 0 Å². The van der Waals surface area contributed by atoms with Gasteiger partial charge in [0.2, 0.25) is 11.8 Å². The Labute approximate surface area is 206 Å². The smallest absolute Gasteiger partial charge is 0.408 e. The van der Waals surface area contributed by atoms with Crippen LogP contribution in [0.1, 0.15) is 40.6 Å². The third-order valence-electron chi connectivity index (χ3n) is 6.10. The Kier molecular flexibility index (Phi) is 7.04. The summed E-state index contributed by atoms with van der Waals surface area (Å²) in [4.78, 5) is 5.45. The number of aromatic nitrogens is 2. The van der Waals surface area contributed by atoms with Crippen molar-refractivity contribution >= 4 is 5.96 Å². The first kappa shape index (κ1) is 26.3. The molecule has 198 valence electrons. The van der Waals surface area contributed by atoms with Gasteiger partial charge in [0.15, 0.2) is 0 Å². The van der Waals surface area contributed by atoms with Gasteiger partial charge in [-0.1, -0.05) is 34.6 Å². The summed E-state index contributed by atoms with van der Waals surface area (Å²) in [5.74, 6) is -0.571. The lowest BCUT2D eigenvalue weighted by molar-refractivity contribution is -0.138. The van der Waals surface area contributed by atoms with Gasteiger partial charge in [0.05, 0.1) is 17.2 Å². The number of aliphatic hydroxyl groups is 1. The molecule has 3 aromatic rings. The standard InChI is InChI=1S/C23H21F6N5O3/c24-22(25,26)15-7-2-12(3-8-15)1-4-13-5-6-14(11-16(13)23(27,28)29)19-31-20(37-33-19)18-17(35)9-10-34(18)21(30)32-36/h2-3,5-8,11,17-18,35-36H,1,4,9-10H2,(H2,30,32)/t17-,18-/m0/s1. The first-order valence-electron chi connectivity index (χ1n) is 11.0. The molecule has 14 heteroatoms. The molecule has 4 N–H and O–H groups in total. The Hall–Kier alpha value is -3.81. The normalized spacial score (nSPS) is 19.0. The highest BCUT2D eigenvalue weighted by molar-refractivity contribution is 5.78. The van der Waals surface area contributed by atoms with E-state index in [-0.39, 0.29) is 54.6 Å². The van der Waals surface area contributed by atoms with Gasteiger partial charge in [0, 0.05) is 12.1 Å². The summed E-state index contributed by atoms with van der Waals surface area (Å²) in [6.45, 7) is 0.227. The number of nitrogens with zero attached hydrogens (tertiary/aromatic N) is 4. The van der Waals surface area contributed by atoms with Crippen LogP contribution in [0.4, 0.5) is 26.3 Å². The number of rotatable bonds is 5. The molecule has 1 saturated heterocycles. The molecule has 1 aliphatic heterocycles. The molecule has 2 heterocycles. The van der Waals surface area contributed by atoms with Crippen LogP contribution in [0.3, 0.4) is 0 Å². The molecule has 0 aliphatic carbocycles. The van der Waals surface area contributed by atoms with Crippen LogP contribution in [-0.2, 0) is 25.2 Å². The van der Waals surface area contributed by atoms with Crippen molar-refractivity contribution in [1.29, 1.82) is 0 Å². The van der Waals surface area contributed by atoms with E-state index in [1.54, 1.807) is 0 Å². The van der Waals surface area contributed by atoms with Crippen LogP contribution in [-0.4, -0.2) is 44.0 Å². The van der Waals surface area contributed by atoms with Crippen molar-refractivity contribution in [2.75, 3.05) is 6.54 Å². The first-order valence-corrected chi connectivity index (χ1v) is 11.0. The Morgan fingerprint density at radius 2 is 1.76 bits per heavy atom. The fourth-order valence-electron chi connectivity index (χ4n) is 4.20. The number of aryl methyl sites for hydroxylation is 2. The van der Waals surface area contributed by atoms with Crippen LogP contribution in [0, 0.1) is 0 Å². The maximum absolute atomic E-state index is 13.9. The summed E-state index contributed by atoms with van der Waals surface area (Å²) in [5, 5.41) is 25.8. The molecule has 0 unspecified atom stereocenters. The molecule has 0 radical (unpaired) electrons. The number of oxime groups is 1. The van der Waals surface area contributed by atoms with Crippen LogP contribution in [0.2, 0.25) is 0 Å². The number of alkyl halides is 6. The van der Waals surface area contributed by atoms with E-state index in [0.29, 0.717) is 5.56 Å². The van der Waals surface area contributed by atoms with Crippen LogP contribution in [0.15, 0.2) is 52.1 Å². The third-order valence-corrected chi connectivity index (χ3v) is 6.10. The van der Waals surface area contributed by atoms with Crippen LogP contribution in [0.5, 0.6) is 0 Å². The molecular formula is C23H21F6N5O3. The largest absolute Gasteiger partial charge is 0.416 e. The number of hydrogen-bond donors (Lipinski definition) is 3. The van der Waals surface area contributed by atoms with Gasteiger partial charge < -0.3 is 25.5 Å². The van der Waals surface area contributed by atoms with Gasteiger partial charge in [-0.25, -0.2) is 0 Å². The average molecular weight is 529 g/mol. The van der Waals surface area contributed by atoms with Crippen molar-refractivity contribution in [2.24, 2.45) is 10.9 Å². The Morgan fingerprint density at radius 1 is 1.05 bits per heavy atom. The van der Waals surface area contributed by atoms with E-state index < -0.39 is 35.6 Å². The van der Waals surface area contributed by atoms with Crippen molar-refractivity contribution in [1.82, 2.24) is 15.0 Å². The lowest BCUT2D eigenvalue weighted by Crippen LogP contribution is -2.38. The summed E-state index contributed by atoms with van der Waals surface area (Å²) >= 11 is 0. The second-order valence-corrected chi connectivity index (χ2v) is 8.47. The second-order valence-electron chi connectivity index (χ2n) is 8.47. The molecule has 1 fully saturated rings. The van der Waals surface area contributed by atoms with Crippen molar-refractivity contribution in [3.8, 4) is 11.4 Å². The number of aliphatic hydroxyl groups excluding tert-OH is 1. The summed E-state index contributed by atoms with van der Waals surface area (Å²) in [5.41, 5.74) is 4.25.